The average molecular weight is 529 g/mol. The number of ketones is 1. The molecular weight excluding hydrogens is 510 g/mol. The molecule has 0 radical (unpaired) electrons. The number of rotatable bonds is 1. The number of hydrogen-bond donors (Lipinski definition) is 1. The number of benzene rings is 2. The van der Waals surface area contributed by atoms with E-state index in [1.807, 2.05) is 36.4 Å². The van der Waals surface area contributed by atoms with Crippen LogP contribution >= 0.6 is 31.9 Å². The summed E-state index contributed by atoms with van der Waals surface area (Å²) in [7, 11) is 0. The van der Waals surface area contributed by atoms with Gasteiger partial charge in [-0.25, -0.2) is 4.79 Å². The second-order valence-corrected chi connectivity index (χ2v) is 10.6. The Hall–Kier alpha value is -2.18. The Labute approximate surface area is 190 Å². The maximum absolute atomic E-state index is 13.4. The van der Waals surface area contributed by atoms with Crippen molar-refractivity contribution in [3.8, 4) is 0 Å². The highest BCUT2D eigenvalue weighted by atomic mass is 79.9. The van der Waals surface area contributed by atoms with Crippen molar-refractivity contribution in [2.75, 3.05) is 5.32 Å². The summed E-state index contributed by atoms with van der Waals surface area (Å²) in [5.74, 6) is -0.197. The van der Waals surface area contributed by atoms with E-state index in [-0.39, 0.29) is 17.1 Å². The highest BCUT2D eigenvalue weighted by molar-refractivity contribution is 9.10. The first-order valence-corrected chi connectivity index (χ1v) is 11.4. The summed E-state index contributed by atoms with van der Waals surface area (Å²) in [6, 6.07) is 13.6. The summed E-state index contributed by atoms with van der Waals surface area (Å²) >= 11 is 7.03. The van der Waals surface area contributed by atoms with Crippen molar-refractivity contribution in [1.29, 1.82) is 0 Å². The van der Waals surface area contributed by atoms with Crippen LogP contribution in [0.1, 0.15) is 43.7 Å². The Morgan fingerprint density at radius 2 is 1.70 bits per heavy atom. The summed E-state index contributed by atoms with van der Waals surface area (Å²) in [5, 5.41) is 4.13. The zero-order valence-corrected chi connectivity index (χ0v) is 19.7. The minimum atomic E-state index is -0.413. The van der Waals surface area contributed by atoms with Crippen molar-refractivity contribution < 1.29 is 9.21 Å². The van der Waals surface area contributed by atoms with Crippen molar-refractivity contribution in [3.63, 3.8) is 0 Å². The molecule has 0 fully saturated rings. The molecule has 2 aromatic carbocycles. The molecule has 3 aromatic rings. The fraction of sp³-hybridized carbons (Fsp3) is 0.250. The molecule has 1 aromatic heterocycles. The molecule has 0 amide bonds. The smallest absolute Gasteiger partial charge is 0.360 e. The van der Waals surface area contributed by atoms with Crippen LogP contribution in [0, 0.1) is 5.41 Å². The number of anilines is 1. The van der Waals surface area contributed by atoms with Gasteiger partial charge in [0.05, 0.1) is 0 Å². The minimum Gasteiger partial charge on any atom is -0.421 e. The molecule has 2 heterocycles. The van der Waals surface area contributed by atoms with Gasteiger partial charge in [0, 0.05) is 43.5 Å². The first-order valence-electron chi connectivity index (χ1n) is 9.78. The lowest BCUT2D eigenvalue weighted by Gasteiger charge is -2.39. The molecule has 0 saturated carbocycles. The van der Waals surface area contributed by atoms with Crippen LogP contribution < -0.4 is 10.9 Å². The lowest BCUT2D eigenvalue weighted by atomic mass is 9.68. The van der Waals surface area contributed by atoms with E-state index in [1.54, 1.807) is 6.07 Å². The molecule has 152 valence electrons. The molecule has 30 heavy (non-hydrogen) atoms. The standard InChI is InChI=1S/C24H19Br2NO3/c1-24(2)10-16-21(17(28)11-24)19(12-3-5-13(25)6-4-12)20-15-9-14(26)7-8-18(15)30-23(29)22(20)27-16/h3-9,19,27H,10-11H2,1-2H3. The van der Waals surface area contributed by atoms with Crippen LogP contribution in [0.2, 0.25) is 0 Å². The molecule has 1 N–H and O–H groups in total. The van der Waals surface area contributed by atoms with Crippen LogP contribution in [-0.4, -0.2) is 5.78 Å². The number of carbonyl (C=O) groups is 1. The van der Waals surface area contributed by atoms with Gasteiger partial charge in [-0.15, -0.1) is 0 Å². The van der Waals surface area contributed by atoms with Crippen LogP contribution in [0.5, 0.6) is 0 Å². The highest BCUT2D eigenvalue weighted by Crippen LogP contribution is 2.50. The third-order valence-electron chi connectivity index (χ3n) is 5.88. The van der Waals surface area contributed by atoms with Gasteiger partial charge in [-0.2, -0.15) is 0 Å². The Balaban J connectivity index is 1.87. The van der Waals surface area contributed by atoms with E-state index in [4.69, 9.17) is 4.42 Å². The lowest BCUT2D eigenvalue weighted by Crippen LogP contribution is -2.35. The summed E-state index contributed by atoms with van der Waals surface area (Å²) < 4.78 is 7.47. The predicted molar refractivity (Wildman–Crippen MR) is 125 cm³/mol. The van der Waals surface area contributed by atoms with Gasteiger partial charge in [-0.05, 0) is 47.7 Å². The molecule has 1 aliphatic heterocycles. The van der Waals surface area contributed by atoms with Crippen molar-refractivity contribution in [3.05, 3.63) is 84.2 Å². The van der Waals surface area contributed by atoms with Crippen LogP contribution in [0.15, 0.2) is 71.9 Å². The Morgan fingerprint density at radius 1 is 1.00 bits per heavy atom. The number of allylic oxidation sites excluding steroid dienone is 2. The Bertz CT molecular complexity index is 1300. The van der Waals surface area contributed by atoms with Crippen molar-refractivity contribution >= 4 is 54.3 Å². The third-order valence-corrected chi connectivity index (χ3v) is 6.91. The summed E-state index contributed by atoms with van der Waals surface area (Å²) in [5.41, 5.74) is 3.74. The number of fused-ring (bicyclic) bond motifs is 3. The normalized spacial score (nSPS) is 20.0. The number of halogens is 2. The van der Waals surface area contributed by atoms with Crippen LogP contribution in [0.4, 0.5) is 5.69 Å². The molecule has 5 rings (SSSR count). The van der Waals surface area contributed by atoms with E-state index in [0.717, 1.165) is 36.7 Å². The first kappa shape index (κ1) is 19.8. The van der Waals surface area contributed by atoms with Crippen LogP contribution in [0.3, 0.4) is 0 Å². The van der Waals surface area contributed by atoms with Crippen molar-refractivity contribution in [2.45, 2.75) is 32.6 Å². The minimum absolute atomic E-state index is 0.128. The average Bonchev–Trinajstić information content (AvgIpc) is 2.67. The third kappa shape index (κ3) is 3.17. The second-order valence-electron chi connectivity index (χ2n) is 8.76. The number of carbonyl (C=O) groups excluding carboxylic acids is 1. The van der Waals surface area contributed by atoms with Gasteiger partial charge >= 0.3 is 5.63 Å². The predicted octanol–water partition coefficient (Wildman–Crippen LogP) is 6.52. The van der Waals surface area contributed by atoms with Crippen LogP contribution in [-0.2, 0) is 4.79 Å². The Morgan fingerprint density at radius 3 is 2.43 bits per heavy atom. The van der Waals surface area contributed by atoms with Gasteiger partial charge in [0.1, 0.15) is 11.3 Å². The molecule has 4 nitrogen and oxygen atoms in total. The van der Waals surface area contributed by atoms with E-state index in [9.17, 15) is 9.59 Å². The number of hydrogen-bond acceptors (Lipinski definition) is 4. The molecule has 0 saturated heterocycles. The number of nitrogens with one attached hydrogen (secondary N) is 1. The first-order chi connectivity index (χ1) is 14.2. The van der Waals surface area contributed by atoms with Crippen molar-refractivity contribution in [1.82, 2.24) is 0 Å². The molecule has 1 unspecified atom stereocenters. The van der Waals surface area contributed by atoms with E-state index in [0.29, 0.717) is 24.1 Å². The zero-order chi connectivity index (χ0) is 21.2. The van der Waals surface area contributed by atoms with E-state index >= 15 is 0 Å². The van der Waals surface area contributed by atoms with E-state index < -0.39 is 5.63 Å². The summed E-state index contributed by atoms with van der Waals surface area (Å²) in [6.07, 6.45) is 1.19. The summed E-state index contributed by atoms with van der Waals surface area (Å²) in [4.78, 5) is 26.3. The van der Waals surface area contributed by atoms with Gasteiger partial charge in [0.25, 0.3) is 0 Å². The van der Waals surface area contributed by atoms with Crippen LogP contribution in [0.25, 0.3) is 11.0 Å². The van der Waals surface area contributed by atoms with Gasteiger partial charge in [0.15, 0.2) is 5.78 Å². The van der Waals surface area contributed by atoms with E-state index in [2.05, 4.69) is 51.0 Å². The summed E-state index contributed by atoms with van der Waals surface area (Å²) in [6.45, 7) is 4.17. The SMILES string of the molecule is CC1(C)CC(=O)C2=C(C1)Nc1c(c3cc(Br)ccc3oc1=O)C2c1ccc(Br)cc1. The Kier molecular flexibility index (Phi) is 4.56. The van der Waals surface area contributed by atoms with Crippen molar-refractivity contribution in [2.24, 2.45) is 5.41 Å². The maximum Gasteiger partial charge on any atom is 0.360 e. The highest BCUT2D eigenvalue weighted by Gasteiger charge is 2.42. The van der Waals surface area contributed by atoms with Gasteiger partial charge in [0.2, 0.25) is 0 Å². The maximum atomic E-state index is 13.4. The molecule has 1 atom stereocenters. The van der Waals surface area contributed by atoms with E-state index in [1.165, 1.54) is 0 Å². The molecule has 0 spiro atoms. The van der Waals surface area contributed by atoms with Gasteiger partial charge in [-0.1, -0.05) is 57.8 Å². The molecular formula is C24H19Br2NO3. The lowest BCUT2D eigenvalue weighted by molar-refractivity contribution is -0.118. The molecule has 6 heteroatoms. The quantitative estimate of drug-likeness (QED) is 0.365. The zero-order valence-electron chi connectivity index (χ0n) is 16.5. The number of Topliss-reactive ketones (excluding diaryl/α,β-unsaturated/α-hetero) is 1. The van der Waals surface area contributed by atoms with Gasteiger partial charge in [-0.3, -0.25) is 4.79 Å². The molecule has 0 bridgehead atoms. The van der Waals surface area contributed by atoms with Gasteiger partial charge < -0.3 is 9.73 Å². The largest absolute Gasteiger partial charge is 0.421 e. The fourth-order valence-electron chi connectivity index (χ4n) is 4.68. The second kappa shape index (κ2) is 6.92. The molecule has 2 aliphatic rings. The fourth-order valence-corrected chi connectivity index (χ4v) is 5.31. The monoisotopic (exact) mass is 527 g/mol. The molecule has 1 aliphatic carbocycles. The topological polar surface area (TPSA) is 59.3 Å².